The maximum atomic E-state index is 12.1. The molecule has 2 amide bonds. The summed E-state index contributed by atoms with van der Waals surface area (Å²) in [6, 6.07) is 14.9. The molecule has 0 saturated heterocycles. The lowest BCUT2D eigenvalue weighted by Crippen LogP contribution is -2.20. The fourth-order valence-corrected chi connectivity index (χ4v) is 2.13. The quantitative estimate of drug-likeness (QED) is 0.671. The van der Waals surface area contributed by atoms with Crippen LogP contribution in [0.4, 0.5) is 21.9 Å². The minimum Gasteiger partial charge on any atom is -0.396 e. The fraction of sp³-hybridized carbons (Fsp3) is 0. The number of fused-ring (bicyclic) bond motifs is 1. The standard InChI is InChI=1S/C16H14N4O/c17-13-10-18-9-8-15(13)20-16(21)19-14-7-3-5-11-4-1-2-6-12(11)14/h1-10H,17H2,(H2,18,19,20,21). The van der Waals surface area contributed by atoms with Crippen molar-refractivity contribution in [3.63, 3.8) is 0 Å². The molecular weight excluding hydrogens is 264 g/mol. The van der Waals surface area contributed by atoms with Crippen LogP contribution < -0.4 is 16.4 Å². The van der Waals surface area contributed by atoms with Gasteiger partial charge in [0.05, 0.1) is 23.3 Å². The molecule has 5 nitrogen and oxygen atoms in total. The van der Waals surface area contributed by atoms with Gasteiger partial charge in [-0.25, -0.2) is 4.79 Å². The first-order valence-corrected chi connectivity index (χ1v) is 6.49. The smallest absolute Gasteiger partial charge is 0.323 e. The minimum absolute atomic E-state index is 0.343. The van der Waals surface area contributed by atoms with Crippen molar-refractivity contribution in [2.75, 3.05) is 16.4 Å². The van der Waals surface area contributed by atoms with Gasteiger partial charge in [-0.15, -0.1) is 0 Å². The molecule has 2 aromatic carbocycles. The normalized spacial score (nSPS) is 10.3. The fourth-order valence-electron chi connectivity index (χ4n) is 2.13. The molecule has 3 aromatic rings. The zero-order chi connectivity index (χ0) is 14.7. The van der Waals surface area contributed by atoms with Crippen molar-refractivity contribution in [1.82, 2.24) is 4.98 Å². The van der Waals surface area contributed by atoms with Crippen molar-refractivity contribution >= 4 is 33.9 Å². The summed E-state index contributed by atoms with van der Waals surface area (Å²) >= 11 is 0. The Morgan fingerprint density at radius 2 is 1.71 bits per heavy atom. The van der Waals surface area contributed by atoms with Gasteiger partial charge in [0.2, 0.25) is 0 Å². The number of carbonyl (C=O) groups excluding carboxylic acids is 1. The first-order chi connectivity index (χ1) is 10.2. The summed E-state index contributed by atoms with van der Waals surface area (Å²) in [5.41, 5.74) is 7.45. The number of rotatable bonds is 2. The molecule has 0 atom stereocenters. The van der Waals surface area contributed by atoms with Crippen LogP contribution in [0.25, 0.3) is 10.8 Å². The SMILES string of the molecule is Nc1cnccc1NC(=O)Nc1cccc2ccccc12. The van der Waals surface area contributed by atoms with Crippen LogP contribution >= 0.6 is 0 Å². The Bertz CT molecular complexity index is 796. The van der Waals surface area contributed by atoms with Gasteiger partial charge in [0, 0.05) is 11.6 Å². The molecule has 3 rings (SSSR count). The molecule has 0 aliphatic carbocycles. The summed E-state index contributed by atoms with van der Waals surface area (Å²) < 4.78 is 0. The lowest BCUT2D eigenvalue weighted by molar-refractivity contribution is 0.262. The summed E-state index contributed by atoms with van der Waals surface area (Å²) in [6.07, 6.45) is 3.07. The number of nitrogens with one attached hydrogen (secondary N) is 2. The van der Waals surface area contributed by atoms with E-state index in [4.69, 9.17) is 5.73 Å². The molecule has 0 unspecified atom stereocenters. The van der Waals surface area contributed by atoms with Crippen LogP contribution in [0, 0.1) is 0 Å². The number of nitrogens with two attached hydrogens (primary N) is 1. The van der Waals surface area contributed by atoms with Gasteiger partial charge in [-0.2, -0.15) is 0 Å². The average molecular weight is 278 g/mol. The molecule has 0 fully saturated rings. The molecule has 0 aliphatic rings. The third-order valence-electron chi connectivity index (χ3n) is 3.14. The lowest BCUT2D eigenvalue weighted by atomic mass is 10.1. The van der Waals surface area contributed by atoms with E-state index in [-0.39, 0.29) is 6.03 Å². The number of hydrogen-bond donors (Lipinski definition) is 3. The molecule has 0 bridgehead atoms. The van der Waals surface area contributed by atoms with Crippen LogP contribution in [0.3, 0.4) is 0 Å². The molecule has 5 heteroatoms. The van der Waals surface area contributed by atoms with Gasteiger partial charge in [0.25, 0.3) is 0 Å². The first-order valence-electron chi connectivity index (χ1n) is 6.49. The topological polar surface area (TPSA) is 80.0 Å². The highest BCUT2D eigenvalue weighted by Crippen LogP contribution is 2.23. The van der Waals surface area contributed by atoms with E-state index in [2.05, 4.69) is 15.6 Å². The Morgan fingerprint density at radius 3 is 2.57 bits per heavy atom. The first kappa shape index (κ1) is 12.9. The largest absolute Gasteiger partial charge is 0.396 e. The van der Waals surface area contributed by atoms with Crippen LogP contribution in [0.2, 0.25) is 0 Å². The Labute approximate surface area is 121 Å². The van der Waals surface area contributed by atoms with Crippen LogP contribution in [0.5, 0.6) is 0 Å². The maximum absolute atomic E-state index is 12.1. The number of nitrogen functional groups attached to an aromatic ring is 1. The molecule has 21 heavy (non-hydrogen) atoms. The molecule has 0 saturated carbocycles. The van der Waals surface area contributed by atoms with Gasteiger partial charge in [0.15, 0.2) is 0 Å². The summed E-state index contributed by atoms with van der Waals surface area (Å²) in [5.74, 6) is 0. The highest BCUT2D eigenvalue weighted by atomic mass is 16.2. The van der Waals surface area contributed by atoms with E-state index in [9.17, 15) is 4.79 Å². The van der Waals surface area contributed by atoms with Gasteiger partial charge in [-0.05, 0) is 17.5 Å². The summed E-state index contributed by atoms with van der Waals surface area (Å²) in [6.45, 7) is 0. The zero-order valence-electron chi connectivity index (χ0n) is 11.2. The third kappa shape index (κ3) is 2.76. The van der Waals surface area contributed by atoms with E-state index < -0.39 is 0 Å². The van der Waals surface area contributed by atoms with E-state index in [1.165, 1.54) is 6.20 Å². The predicted octanol–water partition coefficient (Wildman–Crippen LogP) is 3.46. The Hall–Kier alpha value is -3.08. The lowest BCUT2D eigenvalue weighted by Gasteiger charge is -2.11. The van der Waals surface area contributed by atoms with Crippen LogP contribution in [0.15, 0.2) is 60.9 Å². The molecule has 104 valence electrons. The van der Waals surface area contributed by atoms with Crippen molar-refractivity contribution in [2.24, 2.45) is 0 Å². The van der Waals surface area contributed by atoms with Crippen molar-refractivity contribution in [3.05, 3.63) is 60.9 Å². The van der Waals surface area contributed by atoms with E-state index in [1.54, 1.807) is 12.3 Å². The molecule has 0 radical (unpaired) electrons. The minimum atomic E-state index is -0.343. The highest BCUT2D eigenvalue weighted by Gasteiger charge is 2.07. The van der Waals surface area contributed by atoms with Gasteiger partial charge >= 0.3 is 6.03 Å². The Balaban J connectivity index is 1.82. The van der Waals surface area contributed by atoms with E-state index in [0.717, 1.165) is 16.5 Å². The summed E-state index contributed by atoms with van der Waals surface area (Å²) in [5, 5.41) is 7.60. The Kier molecular flexibility index (Phi) is 3.39. The highest BCUT2D eigenvalue weighted by molar-refractivity contribution is 6.06. The number of hydrogen-bond acceptors (Lipinski definition) is 3. The molecule has 1 aromatic heterocycles. The molecule has 4 N–H and O–H groups in total. The predicted molar refractivity (Wildman–Crippen MR) is 85.2 cm³/mol. The molecular formula is C16H14N4O. The van der Waals surface area contributed by atoms with Crippen molar-refractivity contribution in [2.45, 2.75) is 0 Å². The second-order valence-electron chi connectivity index (χ2n) is 4.57. The van der Waals surface area contributed by atoms with Crippen LogP contribution in [-0.2, 0) is 0 Å². The molecule has 1 heterocycles. The number of aromatic nitrogens is 1. The monoisotopic (exact) mass is 278 g/mol. The second-order valence-corrected chi connectivity index (χ2v) is 4.57. The Morgan fingerprint density at radius 1 is 0.952 bits per heavy atom. The van der Waals surface area contributed by atoms with E-state index in [1.807, 2.05) is 42.5 Å². The van der Waals surface area contributed by atoms with E-state index in [0.29, 0.717) is 11.4 Å². The number of urea groups is 1. The van der Waals surface area contributed by atoms with Gasteiger partial charge in [-0.1, -0.05) is 36.4 Å². The van der Waals surface area contributed by atoms with Crippen molar-refractivity contribution in [1.29, 1.82) is 0 Å². The average Bonchev–Trinajstić information content (AvgIpc) is 2.50. The van der Waals surface area contributed by atoms with E-state index >= 15 is 0 Å². The third-order valence-corrected chi connectivity index (χ3v) is 3.14. The molecule has 0 aliphatic heterocycles. The molecule has 0 spiro atoms. The maximum Gasteiger partial charge on any atom is 0.323 e. The van der Waals surface area contributed by atoms with Gasteiger partial charge in [0.1, 0.15) is 0 Å². The van der Waals surface area contributed by atoms with Crippen LogP contribution in [-0.4, -0.2) is 11.0 Å². The van der Waals surface area contributed by atoms with Crippen LogP contribution in [0.1, 0.15) is 0 Å². The van der Waals surface area contributed by atoms with Gasteiger partial charge in [-0.3, -0.25) is 4.98 Å². The zero-order valence-corrected chi connectivity index (χ0v) is 11.2. The number of amides is 2. The summed E-state index contributed by atoms with van der Waals surface area (Å²) in [4.78, 5) is 16.0. The number of pyridine rings is 1. The van der Waals surface area contributed by atoms with Crippen molar-refractivity contribution < 1.29 is 4.79 Å². The van der Waals surface area contributed by atoms with Crippen molar-refractivity contribution in [3.8, 4) is 0 Å². The number of anilines is 3. The summed E-state index contributed by atoms with van der Waals surface area (Å²) in [7, 11) is 0. The number of nitrogens with zero attached hydrogens (tertiary/aromatic N) is 1. The van der Waals surface area contributed by atoms with Gasteiger partial charge < -0.3 is 16.4 Å². The second kappa shape index (κ2) is 5.50. The number of carbonyl (C=O) groups is 1. The number of benzene rings is 2.